The molecule has 0 spiro atoms. The van der Waals surface area contributed by atoms with Crippen molar-refractivity contribution in [1.82, 2.24) is 0 Å². The van der Waals surface area contributed by atoms with E-state index in [1.54, 1.807) is 0 Å². The Labute approximate surface area is 203 Å². The molecular weight excluding hydrogens is 482 g/mol. The molecule has 0 amide bonds. The quantitative estimate of drug-likeness (QED) is 0.249. The summed E-state index contributed by atoms with van der Waals surface area (Å²) in [6, 6.07) is 0. The summed E-state index contributed by atoms with van der Waals surface area (Å²) in [6.45, 7) is 4.09. The molecule has 2 nitrogen and oxygen atoms in total. The molecular formula is C21H31B2BrO2S3. The van der Waals surface area contributed by atoms with Gasteiger partial charge in [0, 0.05) is 20.2 Å². The standard InChI is InChI=1S/C21H31B2BrO2S3/c1-15(26)5-8-18(23)17(22,12-15)7-10-21(29)19(27)4-3-13(14(25)11-24)16(19,2)6-9-20(18,21)28/h13,26-29H,3-12H2,1-2H3/t13?,15-,16?,17?,18?,19+,20+,21?/m1/s1. The lowest BCUT2D eigenvalue weighted by atomic mass is 9.27. The van der Waals surface area contributed by atoms with E-state index in [9.17, 15) is 9.90 Å². The van der Waals surface area contributed by atoms with Gasteiger partial charge in [-0.2, -0.15) is 37.9 Å². The van der Waals surface area contributed by atoms with Crippen LogP contribution in [0.4, 0.5) is 0 Å². The molecule has 0 aromatic rings. The summed E-state index contributed by atoms with van der Waals surface area (Å²) in [4.78, 5) is 12.8. The predicted molar refractivity (Wildman–Crippen MR) is 135 cm³/mol. The molecule has 0 bridgehead atoms. The van der Waals surface area contributed by atoms with Gasteiger partial charge in [-0.15, -0.1) is 0 Å². The maximum absolute atomic E-state index is 12.8. The summed E-state index contributed by atoms with van der Waals surface area (Å²) in [5.74, 6) is 0.235. The number of carbonyl (C=O) groups excluding carboxylic acids is 1. The Kier molecular flexibility index (Phi) is 5.39. The van der Waals surface area contributed by atoms with Gasteiger partial charge in [-0.1, -0.05) is 46.3 Å². The van der Waals surface area contributed by atoms with Gasteiger partial charge in [0.15, 0.2) is 0 Å². The molecule has 5 unspecified atom stereocenters. The Bertz CT molecular complexity index is 755. The third-order valence-corrected chi connectivity index (χ3v) is 13.7. The van der Waals surface area contributed by atoms with Gasteiger partial charge in [0.25, 0.3) is 0 Å². The molecule has 0 saturated heterocycles. The van der Waals surface area contributed by atoms with Gasteiger partial charge in [0.2, 0.25) is 0 Å². The van der Waals surface area contributed by atoms with E-state index in [4.69, 9.17) is 53.6 Å². The van der Waals surface area contributed by atoms with Crippen molar-refractivity contribution in [2.45, 2.75) is 102 Å². The molecule has 1 N–H and O–H groups in total. The fourth-order valence-electron chi connectivity index (χ4n) is 7.89. The average Bonchev–Trinajstić information content (AvgIpc) is 2.92. The van der Waals surface area contributed by atoms with Crippen LogP contribution in [0.5, 0.6) is 0 Å². The number of hydrogen-bond acceptors (Lipinski definition) is 5. The minimum atomic E-state index is -0.805. The van der Waals surface area contributed by atoms with Crippen LogP contribution in [0.25, 0.3) is 0 Å². The molecule has 0 heterocycles. The summed E-state index contributed by atoms with van der Waals surface area (Å²) in [7, 11) is 14.2. The van der Waals surface area contributed by atoms with Crippen LogP contribution in [-0.4, -0.2) is 51.8 Å². The van der Waals surface area contributed by atoms with Crippen LogP contribution in [0.1, 0.15) is 71.6 Å². The molecule has 8 heteroatoms. The van der Waals surface area contributed by atoms with Crippen LogP contribution < -0.4 is 0 Å². The fraction of sp³-hybridized carbons (Fsp3) is 0.952. The summed E-state index contributed by atoms with van der Waals surface area (Å²) < 4.78 is -1.64. The van der Waals surface area contributed by atoms with E-state index >= 15 is 0 Å². The topological polar surface area (TPSA) is 37.3 Å². The SMILES string of the molecule is [B]C12CCC3(S)[C@]4(S)CCC(C(=O)CBr)C4(C)CC[C@]3(S)C1([B])CC[C@@](C)(O)C2. The van der Waals surface area contributed by atoms with Crippen molar-refractivity contribution in [2.24, 2.45) is 11.3 Å². The summed E-state index contributed by atoms with van der Waals surface area (Å²) in [5, 5.41) is 9.70. The second kappa shape index (κ2) is 6.67. The molecule has 4 aliphatic carbocycles. The van der Waals surface area contributed by atoms with Crippen molar-refractivity contribution >= 4 is 75.3 Å². The number of rotatable bonds is 2. The smallest absolute Gasteiger partial charge is 0.147 e. The normalized spacial score (nSPS) is 59.5. The number of ketones is 1. The molecule has 4 rings (SSSR count). The monoisotopic (exact) mass is 512 g/mol. The van der Waals surface area contributed by atoms with E-state index in [0.29, 0.717) is 31.0 Å². The first kappa shape index (κ1) is 23.4. The summed E-state index contributed by atoms with van der Waals surface area (Å²) in [6.07, 6.45) is 6.36. The zero-order valence-corrected chi connectivity index (χ0v) is 21.6. The Balaban J connectivity index is 1.82. The van der Waals surface area contributed by atoms with Gasteiger partial charge in [-0.3, -0.25) is 4.79 Å². The zero-order valence-electron chi connectivity index (χ0n) is 17.4. The van der Waals surface area contributed by atoms with Crippen LogP contribution in [0.15, 0.2) is 0 Å². The van der Waals surface area contributed by atoms with Crippen molar-refractivity contribution in [3.63, 3.8) is 0 Å². The number of Topliss-reactive ketones (excluding diaryl/α,β-unsaturated/α-hetero) is 1. The Morgan fingerprint density at radius 2 is 1.59 bits per heavy atom. The first-order valence-corrected chi connectivity index (χ1v) is 13.2. The van der Waals surface area contributed by atoms with E-state index in [2.05, 4.69) is 22.9 Å². The first-order chi connectivity index (χ1) is 13.2. The number of carbonyl (C=O) groups is 1. The van der Waals surface area contributed by atoms with Gasteiger partial charge in [0.05, 0.1) is 26.6 Å². The van der Waals surface area contributed by atoms with Gasteiger partial charge in [-0.25, -0.2) is 0 Å². The summed E-state index contributed by atoms with van der Waals surface area (Å²) >= 11 is 19.5. The lowest BCUT2D eigenvalue weighted by molar-refractivity contribution is -0.125. The number of halogens is 1. The minimum absolute atomic E-state index is 0.0216. The van der Waals surface area contributed by atoms with E-state index in [1.807, 2.05) is 6.92 Å². The summed E-state index contributed by atoms with van der Waals surface area (Å²) in [5.41, 5.74) is -1.05. The molecule has 4 saturated carbocycles. The van der Waals surface area contributed by atoms with Crippen LogP contribution >= 0.6 is 53.8 Å². The van der Waals surface area contributed by atoms with Gasteiger partial charge < -0.3 is 5.11 Å². The van der Waals surface area contributed by atoms with Crippen molar-refractivity contribution in [1.29, 1.82) is 0 Å². The predicted octanol–water partition coefficient (Wildman–Crippen LogP) is 4.55. The lowest BCUT2D eigenvalue weighted by Gasteiger charge is -2.76. The van der Waals surface area contributed by atoms with Crippen LogP contribution in [-0.2, 0) is 4.79 Å². The molecule has 0 aliphatic heterocycles. The molecule has 158 valence electrons. The highest BCUT2D eigenvalue weighted by Crippen LogP contribution is 2.82. The average molecular weight is 513 g/mol. The number of fused-ring (bicyclic) bond motifs is 5. The Morgan fingerprint density at radius 1 is 0.966 bits per heavy atom. The molecule has 0 aromatic carbocycles. The second-order valence-corrected chi connectivity index (χ2v) is 13.8. The molecule has 8 atom stereocenters. The Hall–Kier alpha value is 1.29. The third-order valence-electron chi connectivity index (χ3n) is 9.72. The van der Waals surface area contributed by atoms with Crippen LogP contribution in [0, 0.1) is 11.3 Å². The van der Waals surface area contributed by atoms with E-state index in [-0.39, 0.29) is 17.1 Å². The van der Waals surface area contributed by atoms with E-state index in [0.717, 1.165) is 32.1 Å². The van der Waals surface area contributed by atoms with Crippen molar-refractivity contribution < 1.29 is 9.90 Å². The van der Waals surface area contributed by atoms with E-state index < -0.39 is 30.5 Å². The van der Waals surface area contributed by atoms with Gasteiger partial charge in [-0.05, 0) is 57.3 Å². The van der Waals surface area contributed by atoms with Crippen LogP contribution in [0.3, 0.4) is 0 Å². The zero-order chi connectivity index (χ0) is 21.7. The van der Waals surface area contributed by atoms with Gasteiger partial charge >= 0.3 is 0 Å². The second-order valence-electron chi connectivity index (χ2n) is 11.0. The molecule has 4 aliphatic rings. The van der Waals surface area contributed by atoms with E-state index in [1.165, 1.54) is 0 Å². The number of alkyl halides is 1. The van der Waals surface area contributed by atoms with Crippen molar-refractivity contribution in [3.8, 4) is 0 Å². The molecule has 29 heavy (non-hydrogen) atoms. The minimum Gasteiger partial charge on any atom is -0.390 e. The molecule has 0 aromatic heterocycles. The highest BCUT2D eigenvalue weighted by molar-refractivity contribution is 9.09. The highest BCUT2D eigenvalue weighted by atomic mass is 79.9. The van der Waals surface area contributed by atoms with Gasteiger partial charge in [0.1, 0.15) is 5.78 Å². The lowest BCUT2D eigenvalue weighted by Crippen LogP contribution is -2.75. The maximum Gasteiger partial charge on any atom is 0.147 e. The number of aliphatic hydroxyl groups is 1. The third kappa shape index (κ3) is 2.62. The fourth-order valence-corrected chi connectivity index (χ4v) is 10.6. The molecule has 4 fully saturated rings. The van der Waals surface area contributed by atoms with Crippen molar-refractivity contribution in [2.75, 3.05) is 5.33 Å². The first-order valence-electron chi connectivity index (χ1n) is 10.7. The largest absolute Gasteiger partial charge is 0.390 e. The number of thiol groups is 3. The van der Waals surface area contributed by atoms with Crippen LogP contribution in [0.2, 0.25) is 10.6 Å². The Morgan fingerprint density at radius 3 is 2.21 bits per heavy atom. The maximum atomic E-state index is 12.8. The number of hydrogen-bond donors (Lipinski definition) is 4. The highest BCUT2D eigenvalue weighted by Gasteiger charge is 2.78. The van der Waals surface area contributed by atoms with Crippen molar-refractivity contribution in [3.05, 3.63) is 0 Å². The molecule has 4 radical (unpaired) electrons.